The van der Waals surface area contributed by atoms with E-state index in [0.29, 0.717) is 18.8 Å². The van der Waals surface area contributed by atoms with Crippen molar-refractivity contribution in [1.82, 2.24) is 9.97 Å². The van der Waals surface area contributed by atoms with Gasteiger partial charge < -0.3 is 10.4 Å². The van der Waals surface area contributed by atoms with E-state index in [2.05, 4.69) is 15.3 Å². The molecule has 0 aromatic carbocycles. The van der Waals surface area contributed by atoms with Gasteiger partial charge in [0.05, 0.1) is 5.92 Å². The first-order chi connectivity index (χ1) is 7.09. The number of rotatable bonds is 5. The highest BCUT2D eigenvalue weighted by atomic mass is 16.4. The van der Waals surface area contributed by atoms with Crippen molar-refractivity contribution in [3.63, 3.8) is 0 Å². The number of aromatic nitrogens is 2. The molecule has 0 radical (unpaired) electrons. The predicted molar refractivity (Wildman–Crippen MR) is 56.7 cm³/mol. The van der Waals surface area contributed by atoms with Crippen LogP contribution >= 0.6 is 0 Å². The first-order valence-corrected chi connectivity index (χ1v) is 4.86. The molecule has 1 rings (SSSR count). The van der Waals surface area contributed by atoms with Crippen LogP contribution in [-0.2, 0) is 4.79 Å². The van der Waals surface area contributed by atoms with Gasteiger partial charge in [-0.05, 0) is 19.4 Å². The molecule has 82 valence electrons. The maximum Gasteiger partial charge on any atom is 0.306 e. The normalized spacial score (nSPS) is 12.1. The lowest BCUT2D eigenvalue weighted by molar-refractivity contribution is -0.141. The van der Waals surface area contributed by atoms with E-state index < -0.39 is 5.97 Å². The van der Waals surface area contributed by atoms with Crippen molar-refractivity contribution in [1.29, 1.82) is 0 Å². The summed E-state index contributed by atoms with van der Waals surface area (Å²) in [6.07, 6.45) is 2.25. The van der Waals surface area contributed by atoms with Gasteiger partial charge in [0.1, 0.15) is 11.6 Å². The van der Waals surface area contributed by atoms with Crippen LogP contribution < -0.4 is 5.32 Å². The Kier molecular flexibility index (Phi) is 4.03. The molecule has 0 amide bonds. The quantitative estimate of drug-likeness (QED) is 0.764. The fourth-order valence-electron chi connectivity index (χ4n) is 1.09. The van der Waals surface area contributed by atoms with E-state index in [4.69, 9.17) is 5.11 Å². The molecule has 5 heteroatoms. The molecule has 0 bridgehead atoms. The molecule has 2 N–H and O–H groups in total. The zero-order chi connectivity index (χ0) is 11.3. The molecule has 1 aromatic rings. The van der Waals surface area contributed by atoms with Crippen LogP contribution in [0.4, 0.5) is 5.82 Å². The summed E-state index contributed by atoms with van der Waals surface area (Å²) in [5.41, 5.74) is 0. The minimum absolute atomic E-state index is 0.333. The van der Waals surface area contributed by atoms with Crippen molar-refractivity contribution in [3.05, 3.63) is 18.1 Å². The second-order valence-electron chi connectivity index (χ2n) is 3.44. The number of nitrogens with one attached hydrogen (secondary N) is 1. The van der Waals surface area contributed by atoms with Gasteiger partial charge >= 0.3 is 5.97 Å². The largest absolute Gasteiger partial charge is 0.481 e. The highest BCUT2D eigenvalue weighted by molar-refractivity contribution is 5.69. The standard InChI is InChI=1S/C10H15N3O2/c1-7(10(14)15)3-5-12-9-4-6-11-8(2)13-9/h4,6-7H,3,5H2,1-2H3,(H,14,15)(H,11,12,13). The van der Waals surface area contributed by atoms with E-state index >= 15 is 0 Å². The first-order valence-electron chi connectivity index (χ1n) is 4.86. The van der Waals surface area contributed by atoms with E-state index in [1.807, 2.05) is 6.92 Å². The molecule has 0 aliphatic rings. The lowest BCUT2D eigenvalue weighted by Crippen LogP contribution is -2.15. The number of nitrogens with zero attached hydrogens (tertiary/aromatic N) is 2. The van der Waals surface area contributed by atoms with Crippen LogP contribution in [0.2, 0.25) is 0 Å². The van der Waals surface area contributed by atoms with E-state index in [-0.39, 0.29) is 5.92 Å². The minimum Gasteiger partial charge on any atom is -0.481 e. The van der Waals surface area contributed by atoms with Gasteiger partial charge in [-0.2, -0.15) is 0 Å². The van der Waals surface area contributed by atoms with Gasteiger partial charge in [-0.15, -0.1) is 0 Å². The van der Waals surface area contributed by atoms with Crippen LogP contribution in [0.1, 0.15) is 19.2 Å². The van der Waals surface area contributed by atoms with Crippen molar-refractivity contribution in [2.45, 2.75) is 20.3 Å². The Bertz CT molecular complexity index is 341. The van der Waals surface area contributed by atoms with Gasteiger partial charge in [-0.1, -0.05) is 6.92 Å². The summed E-state index contributed by atoms with van der Waals surface area (Å²) in [5.74, 6) is 0.336. The molecule has 0 fully saturated rings. The van der Waals surface area contributed by atoms with E-state index in [0.717, 1.165) is 5.82 Å². The van der Waals surface area contributed by atoms with Gasteiger partial charge in [-0.25, -0.2) is 9.97 Å². The highest BCUT2D eigenvalue weighted by Gasteiger charge is 2.09. The molecule has 0 aliphatic carbocycles. The highest BCUT2D eigenvalue weighted by Crippen LogP contribution is 2.04. The van der Waals surface area contributed by atoms with E-state index in [1.54, 1.807) is 19.2 Å². The van der Waals surface area contributed by atoms with Crippen molar-refractivity contribution in [2.75, 3.05) is 11.9 Å². The van der Waals surface area contributed by atoms with Crippen LogP contribution in [0.25, 0.3) is 0 Å². The van der Waals surface area contributed by atoms with Crippen LogP contribution in [0.15, 0.2) is 12.3 Å². The van der Waals surface area contributed by atoms with Crippen LogP contribution in [0, 0.1) is 12.8 Å². The van der Waals surface area contributed by atoms with E-state index in [9.17, 15) is 4.79 Å². The van der Waals surface area contributed by atoms with Crippen molar-refractivity contribution in [2.24, 2.45) is 5.92 Å². The third kappa shape index (κ3) is 3.93. The number of carboxylic acids is 1. The second-order valence-corrected chi connectivity index (χ2v) is 3.44. The molecule has 0 aliphatic heterocycles. The summed E-state index contributed by atoms with van der Waals surface area (Å²) >= 11 is 0. The monoisotopic (exact) mass is 209 g/mol. The number of aliphatic carboxylic acids is 1. The molecule has 5 nitrogen and oxygen atoms in total. The van der Waals surface area contributed by atoms with Crippen molar-refractivity contribution >= 4 is 11.8 Å². The lowest BCUT2D eigenvalue weighted by Gasteiger charge is -2.08. The molecule has 1 unspecified atom stereocenters. The summed E-state index contributed by atoms with van der Waals surface area (Å²) in [4.78, 5) is 18.7. The van der Waals surface area contributed by atoms with Crippen molar-refractivity contribution < 1.29 is 9.90 Å². The van der Waals surface area contributed by atoms with Gasteiger partial charge in [0.15, 0.2) is 0 Å². The Morgan fingerprint density at radius 3 is 3.00 bits per heavy atom. The van der Waals surface area contributed by atoms with E-state index in [1.165, 1.54) is 0 Å². The minimum atomic E-state index is -0.768. The lowest BCUT2D eigenvalue weighted by atomic mass is 10.1. The van der Waals surface area contributed by atoms with Crippen LogP contribution in [0.3, 0.4) is 0 Å². The SMILES string of the molecule is Cc1nccc(NCCC(C)C(=O)O)n1. The fraction of sp³-hybridized carbons (Fsp3) is 0.500. The number of aryl methyl sites for hydroxylation is 1. The Labute approximate surface area is 88.6 Å². The Morgan fingerprint density at radius 2 is 2.40 bits per heavy atom. The van der Waals surface area contributed by atoms with Gasteiger partial charge in [-0.3, -0.25) is 4.79 Å². The zero-order valence-electron chi connectivity index (χ0n) is 8.90. The number of carbonyl (C=O) groups is 1. The molecule has 0 saturated heterocycles. The van der Waals surface area contributed by atoms with Crippen LogP contribution in [-0.4, -0.2) is 27.6 Å². The second kappa shape index (κ2) is 5.29. The number of carboxylic acid groups (broad SMARTS) is 1. The maximum absolute atomic E-state index is 10.5. The molecule has 15 heavy (non-hydrogen) atoms. The Hall–Kier alpha value is -1.65. The summed E-state index contributed by atoms with van der Waals surface area (Å²) in [5, 5.41) is 11.7. The molecule has 1 atom stereocenters. The average Bonchev–Trinajstić information content (AvgIpc) is 2.17. The number of hydrogen-bond acceptors (Lipinski definition) is 4. The molecule has 1 aromatic heterocycles. The topological polar surface area (TPSA) is 75.1 Å². The Balaban J connectivity index is 2.35. The summed E-state index contributed by atoms with van der Waals surface area (Å²) in [6.45, 7) is 4.10. The molecule has 1 heterocycles. The predicted octanol–water partition coefficient (Wildman–Crippen LogP) is 1.31. The molecular weight excluding hydrogens is 194 g/mol. The summed E-state index contributed by atoms with van der Waals surface area (Å²) in [7, 11) is 0. The summed E-state index contributed by atoms with van der Waals surface area (Å²) < 4.78 is 0. The molecule has 0 saturated carbocycles. The zero-order valence-corrected chi connectivity index (χ0v) is 8.90. The third-order valence-electron chi connectivity index (χ3n) is 2.08. The number of hydrogen-bond donors (Lipinski definition) is 2. The average molecular weight is 209 g/mol. The third-order valence-corrected chi connectivity index (χ3v) is 2.08. The first kappa shape index (κ1) is 11.4. The van der Waals surface area contributed by atoms with Crippen molar-refractivity contribution in [3.8, 4) is 0 Å². The van der Waals surface area contributed by atoms with Gasteiger partial charge in [0.2, 0.25) is 0 Å². The molecule has 0 spiro atoms. The van der Waals surface area contributed by atoms with Crippen LogP contribution in [0.5, 0.6) is 0 Å². The van der Waals surface area contributed by atoms with Gasteiger partial charge in [0.25, 0.3) is 0 Å². The number of anilines is 1. The molecular formula is C10H15N3O2. The summed E-state index contributed by atoms with van der Waals surface area (Å²) in [6, 6.07) is 1.76. The fourth-order valence-corrected chi connectivity index (χ4v) is 1.09. The maximum atomic E-state index is 10.5. The Morgan fingerprint density at radius 1 is 1.67 bits per heavy atom. The van der Waals surface area contributed by atoms with Gasteiger partial charge in [0, 0.05) is 12.7 Å². The smallest absolute Gasteiger partial charge is 0.306 e.